The fourth-order valence-corrected chi connectivity index (χ4v) is 2.65. The maximum absolute atomic E-state index is 11.9. The molecule has 144 valence electrons. The lowest BCUT2D eigenvalue weighted by Gasteiger charge is -2.03. The molecule has 0 unspecified atom stereocenters. The normalized spacial score (nSPS) is 11.0. The summed E-state index contributed by atoms with van der Waals surface area (Å²) < 4.78 is 11.6. The maximum Gasteiger partial charge on any atom is 0.331 e. The number of aromatic nitrogens is 3. The highest BCUT2D eigenvalue weighted by molar-refractivity contribution is 5.93. The van der Waals surface area contributed by atoms with Crippen molar-refractivity contribution in [1.82, 2.24) is 14.9 Å². The molecule has 0 saturated carbocycles. The number of carbonyl (C=O) groups excluding carboxylic acids is 2. The molecule has 1 amide bonds. The highest BCUT2D eigenvalue weighted by Crippen LogP contribution is 2.19. The van der Waals surface area contributed by atoms with Gasteiger partial charge in [-0.2, -0.15) is 5.10 Å². The summed E-state index contributed by atoms with van der Waals surface area (Å²) >= 11 is 0. The number of amides is 1. The van der Waals surface area contributed by atoms with Crippen molar-refractivity contribution in [3.63, 3.8) is 0 Å². The van der Waals surface area contributed by atoms with Crippen LogP contribution in [0.1, 0.15) is 22.6 Å². The van der Waals surface area contributed by atoms with Crippen LogP contribution in [-0.4, -0.2) is 33.4 Å². The standard InChI is InChI=1S/C20H20N4O4/c1-13-11-19(28-23-13)21-18(25)12-27-20(26)10-9-17-14(2)22-24(15(17)3)16-7-5-4-6-8-16/h4-11H,12H2,1-3H3,(H,21,25)/b10-9+. The number of hydrogen-bond donors (Lipinski definition) is 1. The Hall–Kier alpha value is -3.68. The molecule has 3 aromatic rings. The van der Waals surface area contributed by atoms with Crippen LogP contribution >= 0.6 is 0 Å². The molecule has 0 radical (unpaired) electrons. The number of benzene rings is 1. The third-order valence-electron chi connectivity index (χ3n) is 3.97. The van der Waals surface area contributed by atoms with Gasteiger partial charge >= 0.3 is 5.97 Å². The van der Waals surface area contributed by atoms with E-state index in [0.717, 1.165) is 22.6 Å². The van der Waals surface area contributed by atoms with Gasteiger partial charge in [0.1, 0.15) is 0 Å². The van der Waals surface area contributed by atoms with Crippen molar-refractivity contribution in [3.8, 4) is 5.69 Å². The minimum Gasteiger partial charge on any atom is -0.452 e. The Balaban J connectivity index is 1.60. The number of aryl methyl sites for hydroxylation is 2. The molecule has 8 heteroatoms. The summed E-state index contributed by atoms with van der Waals surface area (Å²) in [4.78, 5) is 23.7. The van der Waals surface area contributed by atoms with Gasteiger partial charge in [-0.25, -0.2) is 9.48 Å². The number of para-hydroxylation sites is 1. The van der Waals surface area contributed by atoms with Gasteiger partial charge in [0, 0.05) is 23.4 Å². The van der Waals surface area contributed by atoms with Crippen LogP contribution in [-0.2, 0) is 14.3 Å². The number of hydrogen-bond acceptors (Lipinski definition) is 6. The molecule has 0 spiro atoms. The Morgan fingerprint density at radius 1 is 1.21 bits per heavy atom. The van der Waals surface area contributed by atoms with Crippen LogP contribution in [0, 0.1) is 20.8 Å². The van der Waals surface area contributed by atoms with Crippen LogP contribution in [0.2, 0.25) is 0 Å². The number of nitrogens with zero attached hydrogens (tertiary/aromatic N) is 3. The predicted octanol–water partition coefficient (Wildman–Crippen LogP) is 2.98. The number of esters is 1. The molecule has 1 aromatic carbocycles. The zero-order chi connectivity index (χ0) is 20.1. The molecule has 0 aliphatic carbocycles. The van der Waals surface area contributed by atoms with E-state index < -0.39 is 18.5 Å². The molecule has 2 aromatic heterocycles. The lowest BCUT2D eigenvalue weighted by Crippen LogP contribution is -2.19. The molecule has 0 aliphatic heterocycles. The van der Waals surface area contributed by atoms with Crippen molar-refractivity contribution in [2.75, 3.05) is 11.9 Å². The maximum atomic E-state index is 11.9. The van der Waals surface area contributed by atoms with Gasteiger partial charge in [-0.05, 0) is 39.0 Å². The SMILES string of the molecule is Cc1cc(NC(=O)COC(=O)/C=C/c2c(C)nn(-c3ccccc3)c2C)on1. The van der Waals surface area contributed by atoms with E-state index in [0.29, 0.717) is 5.69 Å². The van der Waals surface area contributed by atoms with Crippen LogP contribution in [0.15, 0.2) is 47.0 Å². The first kappa shape index (κ1) is 19.1. The highest BCUT2D eigenvalue weighted by atomic mass is 16.5. The number of nitrogens with one attached hydrogen (secondary N) is 1. The molecule has 1 N–H and O–H groups in total. The summed E-state index contributed by atoms with van der Waals surface area (Å²) in [7, 11) is 0. The Bertz CT molecular complexity index is 1020. The highest BCUT2D eigenvalue weighted by Gasteiger charge is 2.12. The van der Waals surface area contributed by atoms with Crippen molar-refractivity contribution in [2.45, 2.75) is 20.8 Å². The summed E-state index contributed by atoms with van der Waals surface area (Å²) in [5.74, 6) is -0.939. The van der Waals surface area contributed by atoms with Gasteiger partial charge in [0.2, 0.25) is 5.88 Å². The zero-order valence-corrected chi connectivity index (χ0v) is 15.8. The van der Waals surface area contributed by atoms with Crippen molar-refractivity contribution < 1.29 is 18.8 Å². The van der Waals surface area contributed by atoms with Gasteiger partial charge in [0.25, 0.3) is 5.91 Å². The average molecular weight is 380 g/mol. The Morgan fingerprint density at radius 3 is 2.64 bits per heavy atom. The van der Waals surface area contributed by atoms with E-state index in [2.05, 4.69) is 15.6 Å². The van der Waals surface area contributed by atoms with E-state index in [4.69, 9.17) is 9.26 Å². The molecule has 2 heterocycles. The number of carbonyl (C=O) groups is 2. The second-order valence-electron chi connectivity index (χ2n) is 6.15. The van der Waals surface area contributed by atoms with Crippen LogP contribution in [0.4, 0.5) is 5.88 Å². The van der Waals surface area contributed by atoms with Crippen molar-refractivity contribution in [3.05, 3.63) is 65.1 Å². The van der Waals surface area contributed by atoms with Gasteiger partial charge in [-0.3, -0.25) is 10.1 Å². The first-order valence-electron chi connectivity index (χ1n) is 8.63. The summed E-state index contributed by atoms with van der Waals surface area (Å²) in [6.07, 6.45) is 2.91. The van der Waals surface area contributed by atoms with Crippen molar-refractivity contribution >= 4 is 23.8 Å². The van der Waals surface area contributed by atoms with Gasteiger partial charge in [0.05, 0.1) is 17.1 Å². The molecule has 28 heavy (non-hydrogen) atoms. The molecule has 0 atom stereocenters. The Morgan fingerprint density at radius 2 is 1.96 bits per heavy atom. The molecular weight excluding hydrogens is 360 g/mol. The van der Waals surface area contributed by atoms with E-state index in [1.807, 2.05) is 48.9 Å². The fraction of sp³-hybridized carbons (Fsp3) is 0.200. The summed E-state index contributed by atoms with van der Waals surface area (Å²) in [6.45, 7) is 5.09. The second-order valence-corrected chi connectivity index (χ2v) is 6.15. The molecule has 0 fully saturated rings. The molecule has 0 aliphatic rings. The lowest BCUT2D eigenvalue weighted by atomic mass is 10.2. The smallest absolute Gasteiger partial charge is 0.331 e. The van der Waals surface area contributed by atoms with Crippen molar-refractivity contribution in [2.24, 2.45) is 0 Å². The largest absolute Gasteiger partial charge is 0.452 e. The molecule has 0 bridgehead atoms. The predicted molar refractivity (Wildman–Crippen MR) is 103 cm³/mol. The summed E-state index contributed by atoms with van der Waals surface area (Å²) in [6, 6.07) is 11.3. The average Bonchev–Trinajstić information content (AvgIpc) is 3.21. The zero-order valence-electron chi connectivity index (χ0n) is 15.8. The Labute approximate surface area is 161 Å². The van der Waals surface area contributed by atoms with Crippen LogP contribution < -0.4 is 5.32 Å². The second kappa shape index (κ2) is 8.34. The van der Waals surface area contributed by atoms with Crippen LogP contribution in [0.25, 0.3) is 11.8 Å². The van der Waals surface area contributed by atoms with E-state index in [1.165, 1.54) is 6.08 Å². The number of ether oxygens (including phenoxy) is 1. The van der Waals surface area contributed by atoms with Crippen molar-refractivity contribution in [1.29, 1.82) is 0 Å². The fourth-order valence-electron chi connectivity index (χ4n) is 2.65. The summed E-state index contributed by atoms with van der Waals surface area (Å²) in [5, 5.41) is 10.6. The minimum atomic E-state index is -0.629. The third-order valence-corrected chi connectivity index (χ3v) is 3.97. The minimum absolute atomic E-state index is 0.202. The molecular formula is C20H20N4O4. The van der Waals surface area contributed by atoms with E-state index in [-0.39, 0.29) is 5.88 Å². The molecule has 8 nitrogen and oxygen atoms in total. The van der Waals surface area contributed by atoms with Crippen LogP contribution in [0.3, 0.4) is 0 Å². The third kappa shape index (κ3) is 4.53. The van der Waals surface area contributed by atoms with E-state index in [9.17, 15) is 9.59 Å². The van der Waals surface area contributed by atoms with Crippen LogP contribution in [0.5, 0.6) is 0 Å². The monoisotopic (exact) mass is 380 g/mol. The summed E-state index contributed by atoms with van der Waals surface area (Å²) in [5.41, 5.74) is 4.07. The van der Waals surface area contributed by atoms with Gasteiger partial charge in [0.15, 0.2) is 6.61 Å². The van der Waals surface area contributed by atoms with Gasteiger partial charge < -0.3 is 9.26 Å². The van der Waals surface area contributed by atoms with E-state index in [1.54, 1.807) is 19.1 Å². The van der Waals surface area contributed by atoms with Gasteiger partial charge in [-0.15, -0.1) is 0 Å². The number of rotatable bonds is 6. The quantitative estimate of drug-likeness (QED) is 0.521. The topological polar surface area (TPSA) is 99.2 Å². The lowest BCUT2D eigenvalue weighted by molar-refractivity contribution is -0.142. The van der Waals surface area contributed by atoms with Gasteiger partial charge in [-0.1, -0.05) is 23.4 Å². The first-order chi connectivity index (χ1) is 13.4. The first-order valence-corrected chi connectivity index (χ1v) is 8.63. The molecule has 0 saturated heterocycles. The number of anilines is 1. The Kier molecular flexibility index (Phi) is 5.69. The molecule has 3 rings (SSSR count). The van der Waals surface area contributed by atoms with E-state index >= 15 is 0 Å².